The van der Waals surface area contributed by atoms with Gasteiger partial charge in [0.1, 0.15) is 11.4 Å². The topological polar surface area (TPSA) is 86.1 Å². The van der Waals surface area contributed by atoms with Gasteiger partial charge in [-0.05, 0) is 30.0 Å². The zero-order valence-electron chi connectivity index (χ0n) is 13.6. The summed E-state index contributed by atoms with van der Waals surface area (Å²) in [4.78, 5) is 14.5. The fourth-order valence-corrected chi connectivity index (χ4v) is 3.71. The van der Waals surface area contributed by atoms with E-state index in [0.29, 0.717) is 29.7 Å². The molecule has 0 saturated carbocycles. The lowest BCUT2D eigenvalue weighted by molar-refractivity contribution is -0.155. The Bertz CT molecular complexity index is 852. The van der Waals surface area contributed by atoms with Gasteiger partial charge in [-0.2, -0.15) is 5.26 Å². The van der Waals surface area contributed by atoms with E-state index in [0.717, 1.165) is 12.0 Å². The van der Waals surface area contributed by atoms with Gasteiger partial charge in [0.2, 0.25) is 0 Å². The molecule has 6 heteroatoms. The van der Waals surface area contributed by atoms with E-state index in [1.807, 2.05) is 13.8 Å². The van der Waals surface area contributed by atoms with E-state index in [9.17, 15) is 19.6 Å². The summed E-state index contributed by atoms with van der Waals surface area (Å²) >= 11 is 0. The van der Waals surface area contributed by atoms with Crippen molar-refractivity contribution in [2.75, 3.05) is 6.61 Å². The maximum atomic E-state index is 14.3. The number of aromatic nitrogens is 1. The quantitative estimate of drug-likeness (QED) is 0.899. The van der Waals surface area contributed by atoms with Gasteiger partial charge in [-0.3, -0.25) is 4.79 Å². The summed E-state index contributed by atoms with van der Waals surface area (Å²) in [6, 6.07) is 4.82. The number of carboxylic acids is 1. The van der Waals surface area contributed by atoms with Crippen LogP contribution in [0.25, 0.3) is 10.9 Å². The summed E-state index contributed by atoms with van der Waals surface area (Å²) in [5.41, 5.74) is 1.00. The molecule has 0 spiro atoms. The molecule has 5 nitrogen and oxygen atoms in total. The van der Waals surface area contributed by atoms with Crippen molar-refractivity contribution in [2.45, 2.75) is 38.7 Å². The number of nitrogens with zero attached hydrogens (tertiary/aromatic N) is 1. The average Bonchev–Trinajstić information content (AvgIpc) is 2.96. The molecule has 24 heavy (non-hydrogen) atoms. The van der Waals surface area contributed by atoms with E-state index < -0.39 is 17.4 Å². The molecule has 1 aliphatic rings. The van der Waals surface area contributed by atoms with E-state index in [-0.39, 0.29) is 17.9 Å². The van der Waals surface area contributed by atoms with Crippen molar-refractivity contribution in [1.82, 2.24) is 4.98 Å². The fourth-order valence-electron chi connectivity index (χ4n) is 3.71. The Kier molecular flexibility index (Phi) is 4.06. The van der Waals surface area contributed by atoms with Gasteiger partial charge >= 0.3 is 5.97 Å². The van der Waals surface area contributed by atoms with Crippen LogP contribution in [0.2, 0.25) is 0 Å². The van der Waals surface area contributed by atoms with E-state index in [4.69, 9.17) is 4.74 Å². The van der Waals surface area contributed by atoms with Crippen LogP contribution in [0.4, 0.5) is 4.39 Å². The Labute approximate surface area is 139 Å². The number of aromatic amines is 1. The van der Waals surface area contributed by atoms with Crippen LogP contribution in [-0.2, 0) is 21.6 Å². The smallest absolute Gasteiger partial charge is 0.306 e. The molecular weight excluding hydrogens is 311 g/mol. The maximum Gasteiger partial charge on any atom is 0.306 e. The second-order valence-corrected chi connectivity index (χ2v) is 6.30. The predicted octanol–water partition coefficient (Wildman–Crippen LogP) is 3.47. The third-order valence-corrected chi connectivity index (χ3v) is 5.09. The van der Waals surface area contributed by atoms with Crippen LogP contribution in [0.3, 0.4) is 0 Å². The first-order chi connectivity index (χ1) is 11.4. The third-order valence-electron chi connectivity index (χ3n) is 5.09. The summed E-state index contributed by atoms with van der Waals surface area (Å²) in [5, 5.41) is 19.3. The number of carboxylic acid groups (broad SMARTS) is 1. The molecule has 2 aromatic rings. The van der Waals surface area contributed by atoms with Crippen LogP contribution in [0.15, 0.2) is 12.1 Å². The number of hydrogen-bond acceptors (Lipinski definition) is 3. The molecule has 1 aromatic carbocycles. The Balaban J connectivity index is 2.34. The van der Waals surface area contributed by atoms with Crippen molar-refractivity contribution in [2.24, 2.45) is 5.92 Å². The van der Waals surface area contributed by atoms with Gasteiger partial charge in [0.05, 0.1) is 35.9 Å². The molecular formula is C18H19FN2O3. The van der Waals surface area contributed by atoms with Crippen LogP contribution in [-0.4, -0.2) is 22.7 Å². The zero-order chi connectivity index (χ0) is 17.5. The van der Waals surface area contributed by atoms with Gasteiger partial charge in [-0.15, -0.1) is 0 Å². The molecule has 0 amide bonds. The van der Waals surface area contributed by atoms with Gasteiger partial charge in [-0.25, -0.2) is 4.39 Å². The summed E-state index contributed by atoms with van der Waals surface area (Å²) in [5.74, 6) is -1.50. The molecule has 2 heterocycles. The van der Waals surface area contributed by atoms with E-state index in [2.05, 4.69) is 11.1 Å². The standard InChI is InChI=1S/C18H19FN2O3/c1-3-10(2)18(8-14(22)23)17-12(6-7-24-18)15-11(9-20)4-5-13(19)16(15)21-17/h4-5,10,21H,3,6-8H2,1-2H3,(H,22,23)/t10?,18-/m0/s1. The van der Waals surface area contributed by atoms with Crippen LogP contribution < -0.4 is 0 Å². The molecule has 0 saturated heterocycles. The highest BCUT2D eigenvalue weighted by Gasteiger charge is 2.46. The molecule has 1 aliphatic heterocycles. The van der Waals surface area contributed by atoms with Crippen LogP contribution in [0.1, 0.15) is 43.5 Å². The first-order valence-corrected chi connectivity index (χ1v) is 8.04. The van der Waals surface area contributed by atoms with Gasteiger partial charge < -0.3 is 14.8 Å². The Morgan fingerprint density at radius 2 is 2.33 bits per heavy atom. The molecule has 2 atom stereocenters. The summed E-state index contributed by atoms with van der Waals surface area (Å²) < 4.78 is 20.3. The van der Waals surface area contributed by atoms with Crippen molar-refractivity contribution >= 4 is 16.9 Å². The van der Waals surface area contributed by atoms with Crippen LogP contribution in [0.5, 0.6) is 0 Å². The van der Waals surface area contributed by atoms with Crippen molar-refractivity contribution in [3.05, 3.63) is 34.8 Å². The number of H-pyrrole nitrogens is 1. The predicted molar refractivity (Wildman–Crippen MR) is 86.0 cm³/mol. The first kappa shape index (κ1) is 16.5. The minimum atomic E-state index is -1.04. The van der Waals surface area contributed by atoms with Crippen molar-refractivity contribution in [3.63, 3.8) is 0 Å². The second-order valence-electron chi connectivity index (χ2n) is 6.30. The summed E-state index contributed by atoms with van der Waals surface area (Å²) in [7, 11) is 0. The van der Waals surface area contributed by atoms with Gasteiger partial charge in [0.25, 0.3) is 0 Å². The largest absolute Gasteiger partial charge is 0.481 e. The zero-order valence-corrected chi connectivity index (χ0v) is 13.6. The number of aliphatic carboxylic acids is 1. The Morgan fingerprint density at radius 3 is 2.96 bits per heavy atom. The molecule has 2 N–H and O–H groups in total. The summed E-state index contributed by atoms with van der Waals surface area (Å²) in [6.07, 6.45) is 1.03. The lowest BCUT2D eigenvalue weighted by atomic mass is 9.77. The van der Waals surface area contributed by atoms with Crippen molar-refractivity contribution < 1.29 is 19.0 Å². The lowest BCUT2D eigenvalue weighted by Gasteiger charge is -2.40. The van der Waals surface area contributed by atoms with Gasteiger partial charge in [0, 0.05) is 5.39 Å². The monoisotopic (exact) mass is 330 g/mol. The summed E-state index contributed by atoms with van der Waals surface area (Å²) in [6.45, 7) is 4.25. The Morgan fingerprint density at radius 1 is 1.58 bits per heavy atom. The third kappa shape index (κ3) is 2.28. The molecule has 0 radical (unpaired) electrons. The van der Waals surface area contributed by atoms with E-state index in [1.54, 1.807) is 0 Å². The van der Waals surface area contributed by atoms with Crippen molar-refractivity contribution in [3.8, 4) is 6.07 Å². The number of ether oxygens (including phenoxy) is 1. The number of rotatable bonds is 4. The first-order valence-electron chi connectivity index (χ1n) is 8.04. The van der Waals surface area contributed by atoms with E-state index >= 15 is 0 Å². The molecule has 126 valence electrons. The highest BCUT2D eigenvalue weighted by molar-refractivity contribution is 5.91. The van der Waals surface area contributed by atoms with Crippen LogP contribution in [0, 0.1) is 23.1 Å². The Hall–Kier alpha value is -2.39. The number of fused-ring (bicyclic) bond motifs is 3. The number of nitriles is 1. The van der Waals surface area contributed by atoms with Gasteiger partial charge in [0.15, 0.2) is 0 Å². The number of nitrogens with one attached hydrogen (secondary N) is 1. The minimum Gasteiger partial charge on any atom is -0.481 e. The second kappa shape index (κ2) is 5.91. The molecule has 0 bridgehead atoms. The number of hydrogen-bond donors (Lipinski definition) is 2. The number of carbonyl (C=O) groups is 1. The number of halogens is 1. The minimum absolute atomic E-state index is 0.0747. The van der Waals surface area contributed by atoms with Crippen molar-refractivity contribution in [1.29, 1.82) is 5.26 Å². The van der Waals surface area contributed by atoms with Crippen LogP contribution >= 0.6 is 0 Å². The SMILES string of the molecule is CCC(C)[C@]1(CC(=O)O)OCCc2c1[nH]c1c(F)ccc(C#N)c21. The molecule has 3 rings (SSSR count). The van der Waals surface area contributed by atoms with Gasteiger partial charge in [-0.1, -0.05) is 20.3 Å². The molecule has 0 aliphatic carbocycles. The maximum absolute atomic E-state index is 14.3. The molecule has 1 aromatic heterocycles. The normalized spacial score (nSPS) is 21.2. The lowest BCUT2D eigenvalue weighted by Crippen LogP contribution is -2.43. The van der Waals surface area contributed by atoms with E-state index in [1.165, 1.54) is 12.1 Å². The molecule has 0 fully saturated rings. The molecule has 1 unspecified atom stereocenters. The highest BCUT2D eigenvalue weighted by atomic mass is 19.1. The highest BCUT2D eigenvalue weighted by Crippen LogP contribution is 2.46. The average molecular weight is 330 g/mol. The number of benzene rings is 1. The fraction of sp³-hybridized carbons (Fsp3) is 0.444.